The van der Waals surface area contributed by atoms with Crippen molar-refractivity contribution in [3.63, 3.8) is 0 Å². The quantitative estimate of drug-likeness (QED) is 0.698. The van der Waals surface area contributed by atoms with Crippen molar-refractivity contribution in [3.8, 4) is 10.4 Å². The molecule has 0 aromatic carbocycles. The van der Waals surface area contributed by atoms with E-state index in [-0.39, 0.29) is 0 Å². The molecule has 4 nitrogen and oxygen atoms in total. The Morgan fingerprint density at radius 1 is 1.44 bits per heavy atom. The van der Waals surface area contributed by atoms with E-state index in [1.807, 2.05) is 19.2 Å². The maximum atomic E-state index is 5.59. The van der Waals surface area contributed by atoms with Gasteiger partial charge in [0, 0.05) is 16.6 Å². The number of anilines is 1. The van der Waals surface area contributed by atoms with E-state index in [0.29, 0.717) is 5.95 Å². The Hall–Kier alpha value is -1.88. The summed E-state index contributed by atoms with van der Waals surface area (Å²) < 4.78 is 1.74. The summed E-state index contributed by atoms with van der Waals surface area (Å²) in [5.74, 6) is 0.312. The summed E-state index contributed by atoms with van der Waals surface area (Å²) in [5.41, 5.74) is 8.63. The normalized spacial score (nSPS) is 11.1. The van der Waals surface area contributed by atoms with Gasteiger partial charge in [-0.2, -0.15) is 4.98 Å². The Morgan fingerprint density at radius 2 is 2.31 bits per heavy atom. The molecule has 3 aromatic heterocycles. The Balaban J connectivity index is 2.28. The van der Waals surface area contributed by atoms with Crippen LogP contribution in [0.15, 0.2) is 29.8 Å². The van der Waals surface area contributed by atoms with Crippen molar-refractivity contribution in [2.24, 2.45) is 0 Å². The first-order valence-corrected chi connectivity index (χ1v) is 5.78. The topological polar surface area (TPSA) is 56.2 Å². The molecule has 0 amide bonds. The van der Waals surface area contributed by atoms with E-state index in [0.717, 1.165) is 16.8 Å². The standard InChI is InChI=1S/C11H10N4S/c1-7-5-8(9-3-2-4-16-9)6-15-10(7)13-11(12)14-15/h2-6H,1H3,(H2,12,14). The van der Waals surface area contributed by atoms with Gasteiger partial charge in [0.2, 0.25) is 5.95 Å². The number of aromatic nitrogens is 3. The molecule has 0 radical (unpaired) electrons. The summed E-state index contributed by atoms with van der Waals surface area (Å²) in [7, 11) is 0. The third kappa shape index (κ3) is 1.37. The number of fused-ring (bicyclic) bond motifs is 1. The van der Waals surface area contributed by atoms with Crippen molar-refractivity contribution in [3.05, 3.63) is 35.3 Å². The van der Waals surface area contributed by atoms with Gasteiger partial charge in [-0.25, -0.2) is 4.52 Å². The third-order valence-corrected chi connectivity index (χ3v) is 3.36. The van der Waals surface area contributed by atoms with Crippen molar-refractivity contribution in [2.45, 2.75) is 6.92 Å². The Labute approximate surface area is 96.4 Å². The molecule has 3 rings (SSSR count). The minimum atomic E-state index is 0.312. The Kier molecular flexibility index (Phi) is 1.94. The molecule has 2 N–H and O–H groups in total. The molecule has 16 heavy (non-hydrogen) atoms. The van der Waals surface area contributed by atoms with Crippen molar-refractivity contribution in [1.82, 2.24) is 14.6 Å². The van der Waals surface area contributed by atoms with E-state index in [9.17, 15) is 0 Å². The van der Waals surface area contributed by atoms with E-state index in [1.54, 1.807) is 15.9 Å². The molecule has 0 unspecified atom stereocenters. The van der Waals surface area contributed by atoms with Gasteiger partial charge in [-0.15, -0.1) is 16.4 Å². The first-order chi connectivity index (χ1) is 7.74. The highest BCUT2D eigenvalue weighted by Crippen LogP contribution is 2.26. The van der Waals surface area contributed by atoms with E-state index < -0.39 is 0 Å². The fraction of sp³-hybridized carbons (Fsp3) is 0.0909. The molecule has 0 saturated heterocycles. The molecule has 0 spiro atoms. The maximum absolute atomic E-state index is 5.59. The van der Waals surface area contributed by atoms with Gasteiger partial charge < -0.3 is 5.73 Å². The van der Waals surface area contributed by atoms with Gasteiger partial charge in [0.25, 0.3) is 0 Å². The number of hydrogen-bond donors (Lipinski definition) is 1. The summed E-state index contributed by atoms with van der Waals surface area (Å²) in [5, 5.41) is 6.19. The zero-order chi connectivity index (χ0) is 11.1. The number of thiophene rings is 1. The monoisotopic (exact) mass is 230 g/mol. The Bertz CT molecular complexity index is 639. The van der Waals surface area contributed by atoms with Gasteiger partial charge in [-0.05, 0) is 30.0 Å². The molecule has 0 aliphatic heterocycles. The SMILES string of the molecule is Cc1cc(-c2cccs2)cn2nc(N)nc12. The summed E-state index contributed by atoms with van der Waals surface area (Å²) in [4.78, 5) is 5.39. The lowest BCUT2D eigenvalue weighted by Crippen LogP contribution is -1.91. The van der Waals surface area contributed by atoms with Crippen LogP contribution in [-0.2, 0) is 0 Å². The Morgan fingerprint density at radius 3 is 3.06 bits per heavy atom. The third-order valence-electron chi connectivity index (χ3n) is 2.44. The minimum absolute atomic E-state index is 0.312. The number of pyridine rings is 1. The van der Waals surface area contributed by atoms with E-state index in [2.05, 4.69) is 27.6 Å². The second kappa shape index (κ2) is 3.31. The first kappa shape index (κ1) is 9.35. The van der Waals surface area contributed by atoms with Gasteiger partial charge in [0.05, 0.1) is 0 Å². The highest BCUT2D eigenvalue weighted by molar-refractivity contribution is 7.13. The van der Waals surface area contributed by atoms with E-state index in [4.69, 9.17) is 5.73 Å². The molecule has 0 fully saturated rings. The summed E-state index contributed by atoms with van der Waals surface area (Å²) in [6, 6.07) is 6.23. The number of hydrogen-bond acceptors (Lipinski definition) is 4. The lowest BCUT2D eigenvalue weighted by Gasteiger charge is -2.01. The van der Waals surface area contributed by atoms with Crippen LogP contribution in [0.4, 0.5) is 5.95 Å². The number of rotatable bonds is 1. The summed E-state index contributed by atoms with van der Waals surface area (Å²) in [6.07, 6.45) is 1.96. The van der Waals surface area contributed by atoms with Gasteiger partial charge in [0.1, 0.15) is 0 Å². The van der Waals surface area contributed by atoms with Gasteiger partial charge in [-0.3, -0.25) is 0 Å². The van der Waals surface area contributed by atoms with Gasteiger partial charge in [0.15, 0.2) is 5.65 Å². The predicted octanol–water partition coefficient (Wildman–Crippen LogP) is 2.35. The van der Waals surface area contributed by atoms with Gasteiger partial charge >= 0.3 is 0 Å². The second-order valence-corrected chi connectivity index (χ2v) is 4.57. The van der Waals surface area contributed by atoms with Gasteiger partial charge in [-0.1, -0.05) is 6.07 Å². The highest BCUT2D eigenvalue weighted by atomic mass is 32.1. The number of nitrogen functional groups attached to an aromatic ring is 1. The van der Waals surface area contributed by atoms with Crippen molar-refractivity contribution in [2.75, 3.05) is 5.73 Å². The second-order valence-electron chi connectivity index (χ2n) is 3.63. The van der Waals surface area contributed by atoms with Crippen LogP contribution in [-0.4, -0.2) is 14.6 Å². The van der Waals surface area contributed by atoms with Crippen LogP contribution in [0.1, 0.15) is 5.56 Å². The van der Waals surface area contributed by atoms with Crippen LogP contribution in [0.3, 0.4) is 0 Å². The van der Waals surface area contributed by atoms with Crippen LogP contribution < -0.4 is 5.73 Å². The van der Waals surface area contributed by atoms with Crippen LogP contribution in [0.25, 0.3) is 16.1 Å². The highest BCUT2D eigenvalue weighted by Gasteiger charge is 2.07. The molecule has 3 aromatic rings. The van der Waals surface area contributed by atoms with Crippen LogP contribution in [0.2, 0.25) is 0 Å². The van der Waals surface area contributed by atoms with E-state index >= 15 is 0 Å². The number of aryl methyl sites for hydroxylation is 1. The summed E-state index contributed by atoms with van der Waals surface area (Å²) >= 11 is 1.71. The van der Waals surface area contributed by atoms with E-state index in [1.165, 1.54) is 4.88 Å². The van der Waals surface area contributed by atoms with Crippen LogP contribution >= 0.6 is 11.3 Å². The molecule has 0 aliphatic carbocycles. The fourth-order valence-corrected chi connectivity index (χ4v) is 2.45. The lowest BCUT2D eigenvalue weighted by molar-refractivity contribution is 0.965. The molecular weight excluding hydrogens is 220 g/mol. The molecular formula is C11H10N4S. The zero-order valence-corrected chi connectivity index (χ0v) is 9.53. The smallest absolute Gasteiger partial charge is 0.240 e. The summed E-state index contributed by atoms with van der Waals surface area (Å²) in [6.45, 7) is 2.01. The molecule has 80 valence electrons. The van der Waals surface area contributed by atoms with Crippen molar-refractivity contribution >= 4 is 22.9 Å². The average molecular weight is 230 g/mol. The van der Waals surface area contributed by atoms with Crippen molar-refractivity contribution < 1.29 is 0 Å². The van der Waals surface area contributed by atoms with Crippen molar-refractivity contribution in [1.29, 1.82) is 0 Å². The molecule has 5 heteroatoms. The maximum Gasteiger partial charge on any atom is 0.240 e. The average Bonchev–Trinajstić information content (AvgIpc) is 2.84. The molecule has 0 bridgehead atoms. The molecule has 0 atom stereocenters. The number of nitrogens with zero attached hydrogens (tertiary/aromatic N) is 3. The van der Waals surface area contributed by atoms with Crippen LogP contribution in [0, 0.1) is 6.92 Å². The largest absolute Gasteiger partial charge is 0.366 e. The molecule has 0 aliphatic rings. The van der Waals surface area contributed by atoms with Crippen LogP contribution in [0.5, 0.6) is 0 Å². The number of nitrogens with two attached hydrogens (primary N) is 1. The minimum Gasteiger partial charge on any atom is -0.366 e. The lowest BCUT2D eigenvalue weighted by atomic mass is 10.2. The predicted molar refractivity (Wildman–Crippen MR) is 65.4 cm³/mol. The fourth-order valence-electron chi connectivity index (χ4n) is 1.74. The zero-order valence-electron chi connectivity index (χ0n) is 8.71. The molecule has 0 saturated carbocycles. The first-order valence-electron chi connectivity index (χ1n) is 4.90. The molecule has 3 heterocycles.